The molecule has 0 heterocycles. The fraction of sp³-hybridized carbons (Fsp3) is 0.429. The first kappa shape index (κ1) is 14.8. The van der Waals surface area contributed by atoms with E-state index in [9.17, 15) is 14.9 Å². The Hall–Kier alpha value is -2.62. The minimum absolute atomic E-state index is 0.0602. The van der Waals surface area contributed by atoms with Crippen molar-refractivity contribution >= 4 is 11.6 Å². The van der Waals surface area contributed by atoms with Gasteiger partial charge in [-0.2, -0.15) is 5.26 Å². The standard InChI is InChI=1S/C14H15N3O4/c1-2-21-13-10(4-3-5-12(13)17(19)20)14(18)16-11(8-15)9-6-7-9/h3-5,9,11H,2,6-7H2,1H3,(H,16,18). The molecule has 1 amide bonds. The highest BCUT2D eigenvalue weighted by Crippen LogP contribution is 2.34. The zero-order valence-corrected chi connectivity index (χ0v) is 11.5. The summed E-state index contributed by atoms with van der Waals surface area (Å²) in [7, 11) is 0. The largest absolute Gasteiger partial charge is 0.487 e. The Morgan fingerprint density at radius 2 is 2.33 bits per heavy atom. The molecule has 2 rings (SSSR count). The van der Waals surface area contributed by atoms with Gasteiger partial charge in [-0.1, -0.05) is 6.07 Å². The van der Waals surface area contributed by atoms with E-state index in [-0.39, 0.29) is 29.5 Å². The molecular weight excluding hydrogens is 274 g/mol. The molecule has 1 atom stereocenters. The number of amides is 1. The van der Waals surface area contributed by atoms with Crippen LogP contribution in [0.25, 0.3) is 0 Å². The Bertz CT molecular complexity index is 605. The van der Waals surface area contributed by atoms with Crippen LogP contribution in [0.1, 0.15) is 30.1 Å². The van der Waals surface area contributed by atoms with Crippen LogP contribution in [0.5, 0.6) is 5.75 Å². The van der Waals surface area contributed by atoms with E-state index >= 15 is 0 Å². The first-order valence-corrected chi connectivity index (χ1v) is 6.69. The maximum absolute atomic E-state index is 12.3. The number of nitrogens with one attached hydrogen (secondary N) is 1. The normalized spacial score (nSPS) is 14.9. The quantitative estimate of drug-likeness (QED) is 0.637. The van der Waals surface area contributed by atoms with E-state index in [0.29, 0.717) is 0 Å². The van der Waals surface area contributed by atoms with Crippen molar-refractivity contribution in [3.63, 3.8) is 0 Å². The first-order valence-electron chi connectivity index (χ1n) is 6.69. The van der Waals surface area contributed by atoms with Crippen LogP contribution in [-0.4, -0.2) is 23.5 Å². The fourth-order valence-electron chi connectivity index (χ4n) is 2.05. The number of hydrogen-bond donors (Lipinski definition) is 1. The molecule has 7 nitrogen and oxygen atoms in total. The molecule has 1 aliphatic rings. The SMILES string of the molecule is CCOc1c(C(=O)NC(C#N)C2CC2)cccc1[N+](=O)[O-]. The maximum Gasteiger partial charge on any atom is 0.311 e. The Kier molecular flexibility index (Phi) is 4.38. The lowest BCUT2D eigenvalue weighted by Crippen LogP contribution is -2.35. The maximum atomic E-state index is 12.3. The predicted octanol–water partition coefficient (Wildman–Crippen LogP) is 2.03. The second-order valence-corrected chi connectivity index (χ2v) is 4.76. The number of hydrogen-bond acceptors (Lipinski definition) is 5. The number of ether oxygens (including phenoxy) is 1. The molecule has 1 saturated carbocycles. The Morgan fingerprint density at radius 1 is 1.62 bits per heavy atom. The number of para-hydroxylation sites is 1. The summed E-state index contributed by atoms with van der Waals surface area (Å²) >= 11 is 0. The van der Waals surface area contributed by atoms with Crippen LogP contribution in [0.4, 0.5) is 5.69 Å². The van der Waals surface area contributed by atoms with Crippen LogP contribution in [0.15, 0.2) is 18.2 Å². The van der Waals surface area contributed by atoms with Crippen LogP contribution in [0, 0.1) is 27.4 Å². The van der Waals surface area contributed by atoms with Crippen molar-refractivity contribution in [1.29, 1.82) is 5.26 Å². The third kappa shape index (κ3) is 3.28. The van der Waals surface area contributed by atoms with Crippen LogP contribution in [0.2, 0.25) is 0 Å². The number of rotatable bonds is 6. The van der Waals surface area contributed by atoms with E-state index in [1.807, 2.05) is 6.07 Å². The van der Waals surface area contributed by atoms with Crippen LogP contribution in [-0.2, 0) is 0 Å². The van der Waals surface area contributed by atoms with Crippen molar-refractivity contribution in [1.82, 2.24) is 5.32 Å². The Balaban J connectivity index is 2.29. The van der Waals surface area contributed by atoms with Gasteiger partial charge in [0.05, 0.1) is 23.2 Å². The molecule has 1 aromatic rings. The van der Waals surface area contributed by atoms with Gasteiger partial charge in [-0.3, -0.25) is 14.9 Å². The summed E-state index contributed by atoms with van der Waals surface area (Å²) in [4.78, 5) is 22.7. The van der Waals surface area contributed by atoms with Gasteiger partial charge in [0.15, 0.2) is 0 Å². The Labute approximate surface area is 121 Å². The number of nitro benzene ring substituents is 1. The minimum Gasteiger partial charge on any atom is -0.487 e. The summed E-state index contributed by atoms with van der Waals surface area (Å²) in [5.74, 6) is -0.413. The van der Waals surface area contributed by atoms with Crippen molar-refractivity contribution in [2.75, 3.05) is 6.61 Å². The lowest BCUT2D eigenvalue weighted by Gasteiger charge is -2.13. The molecule has 0 spiro atoms. The van der Waals surface area contributed by atoms with E-state index in [0.717, 1.165) is 12.8 Å². The summed E-state index contributed by atoms with van der Waals surface area (Å²) in [6.45, 7) is 1.89. The number of nitro groups is 1. The van der Waals surface area contributed by atoms with E-state index < -0.39 is 16.9 Å². The average molecular weight is 289 g/mol. The molecule has 1 aromatic carbocycles. The highest BCUT2D eigenvalue weighted by molar-refractivity contribution is 5.98. The Morgan fingerprint density at radius 3 is 2.86 bits per heavy atom. The van der Waals surface area contributed by atoms with Crippen LogP contribution >= 0.6 is 0 Å². The van der Waals surface area contributed by atoms with Gasteiger partial charge in [0.1, 0.15) is 6.04 Å². The molecule has 110 valence electrons. The summed E-state index contributed by atoms with van der Waals surface area (Å²) in [5.41, 5.74) is -0.184. The zero-order valence-electron chi connectivity index (χ0n) is 11.5. The first-order chi connectivity index (χ1) is 10.1. The van der Waals surface area contributed by atoms with Crippen molar-refractivity contribution in [3.8, 4) is 11.8 Å². The topological polar surface area (TPSA) is 105 Å². The minimum atomic E-state index is -0.593. The number of benzene rings is 1. The van der Waals surface area contributed by atoms with Gasteiger partial charge in [-0.15, -0.1) is 0 Å². The van der Waals surface area contributed by atoms with Crippen molar-refractivity contribution in [2.24, 2.45) is 5.92 Å². The number of carbonyl (C=O) groups is 1. The smallest absolute Gasteiger partial charge is 0.311 e. The molecule has 1 unspecified atom stereocenters. The van der Waals surface area contributed by atoms with E-state index in [1.165, 1.54) is 18.2 Å². The average Bonchev–Trinajstić information content (AvgIpc) is 3.29. The molecule has 1 aliphatic carbocycles. The fourth-order valence-corrected chi connectivity index (χ4v) is 2.05. The molecule has 21 heavy (non-hydrogen) atoms. The highest BCUT2D eigenvalue weighted by Gasteiger charge is 2.33. The van der Waals surface area contributed by atoms with Gasteiger partial charge >= 0.3 is 5.69 Å². The summed E-state index contributed by atoms with van der Waals surface area (Å²) in [5, 5.41) is 22.7. The van der Waals surface area contributed by atoms with Crippen molar-refractivity contribution in [3.05, 3.63) is 33.9 Å². The molecular formula is C14H15N3O4. The lowest BCUT2D eigenvalue weighted by molar-refractivity contribution is -0.385. The molecule has 0 aromatic heterocycles. The molecule has 0 bridgehead atoms. The third-order valence-electron chi connectivity index (χ3n) is 3.24. The third-order valence-corrected chi connectivity index (χ3v) is 3.24. The number of nitriles is 1. The van der Waals surface area contributed by atoms with Gasteiger partial charge in [0.2, 0.25) is 5.75 Å². The summed E-state index contributed by atoms with van der Waals surface area (Å²) in [6, 6.07) is 5.64. The van der Waals surface area contributed by atoms with Crippen LogP contribution in [0.3, 0.4) is 0 Å². The van der Waals surface area contributed by atoms with Gasteiger partial charge in [0.25, 0.3) is 5.91 Å². The number of nitrogens with zero attached hydrogens (tertiary/aromatic N) is 2. The van der Waals surface area contributed by atoms with Crippen molar-refractivity contribution < 1.29 is 14.5 Å². The van der Waals surface area contributed by atoms with Gasteiger partial charge < -0.3 is 10.1 Å². The molecule has 0 saturated heterocycles. The molecule has 0 aliphatic heterocycles. The van der Waals surface area contributed by atoms with Crippen molar-refractivity contribution in [2.45, 2.75) is 25.8 Å². The lowest BCUT2D eigenvalue weighted by atomic mass is 10.1. The van der Waals surface area contributed by atoms with Gasteiger partial charge in [-0.05, 0) is 31.7 Å². The predicted molar refractivity (Wildman–Crippen MR) is 73.9 cm³/mol. The summed E-state index contributed by atoms with van der Waals surface area (Å²) in [6.07, 6.45) is 1.82. The molecule has 1 N–H and O–H groups in total. The monoisotopic (exact) mass is 289 g/mol. The highest BCUT2D eigenvalue weighted by atomic mass is 16.6. The summed E-state index contributed by atoms with van der Waals surface area (Å²) < 4.78 is 5.26. The number of carbonyl (C=O) groups excluding carboxylic acids is 1. The second-order valence-electron chi connectivity index (χ2n) is 4.76. The van der Waals surface area contributed by atoms with Gasteiger partial charge in [0, 0.05) is 6.07 Å². The van der Waals surface area contributed by atoms with Gasteiger partial charge in [-0.25, -0.2) is 0 Å². The zero-order chi connectivity index (χ0) is 15.4. The second kappa shape index (κ2) is 6.22. The van der Waals surface area contributed by atoms with E-state index in [1.54, 1.807) is 6.92 Å². The molecule has 7 heteroatoms. The van der Waals surface area contributed by atoms with E-state index in [2.05, 4.69) is 5.32 Å². The molecule has 1 fully saturated rings. The van der Waals surface area contributed by atoms with Crippen LogP contribution < -0.4 is 10.1 Å². The molecule has 0 radical (unpaired) electrons. The van der Waals surface area contributed by atoms with E-state index in [4.69, 9.17) is 10.00 Å².